The normalized spacial score (nSPS) is 10.4. The average Bonchev–Trinajstić information content (AvgIpc) is 2.28. The van der Waals surface area contributed by atoms with Crippen molar-refractivity contribution < 1.29 is 8.78 Å². The highest BCUT2D eigenvalue weighted by molar-refractivity contribution is 6.31. The second-order valence-electron chi connectivity index (χ2n) is 3.21. The minimum atomic E-state index is -0.670. The molecule has 0 amide bonds. The lowest BCUT2D eigenvalue weighted by Crippen LogP contribution is -1.99. The Morgan fingerprint density at radius 2 is 1.94 bits per heavy atom. The van der Waals surface area contributed by atoms with Crippen LogP contribution in [0.5, 0.6) is 0 Å². The van der Waals surface area contributed by atoms with Crippen LogP contribution in [0.1, 0.15) is 0 Å². The van der Waals surface area contributed by atoms with Gasteiger partial charge < -0.3 is 5.32 Å². The first-order chi connectivity index (χ1) is 8.08. The number of hydrogen-bond donors (Lipinski definition) is 1. The van der Waals surface area contributed by atoms with Crippen LogP contribution >= 0.6 is 23.2 Å². The van der Waals surface area contributed by atoms with Crippen molar-refractivity contribution in [2.45, 2.75) is 0 Å². The average molecular weight is 275 g/mol. The highest BCUT2D eigenvalue weighted by Crippen LogP contribution is 2.26. The number of pyridine rings is 1. The van der Waals surface area contributed by atoms with E-state index in [9.17, 15) is 8.78 Å². The monoisotopic (exact) mass is 274 g/mol. The molecule has 0 saturated heterocycles. The molecule has 0 saturated carbocycles. The highest BCUT2D eigenvalue weighted by Gasteiger charge is 2.10. The van der Waals surface area contributed by atoms with Gasteiger partial charge in [-0.05, 0) is 18.2 Å². The summed E-state index contributed by atoms with van der Waals surface area (Å²) in [6.07, 6.45) is 1.26. The molecule has 0 fully saturated rings. The van der Waals surface area contributed by atoms with E-state index in [0.717, 1.165) is 6.07 Å². The third kappa shape index (κ3) is 2.65. The molecule has 0 spiro atoms. The molecule has 0 aliphatic heterocycles. The van der Waals surface area contributed by atoms with Gasteiger partial charge in [-0.1, -0.05) is 29.3 Å². The predicted octanol–water partition coefficient (Wildman–Crippen LogP) is 4.41. The van der Waals surface area contributed by atoms with Gasteiger partial charge in [-0.15, -0.1) is 0 Å². The molecular formula is C11H6Cl2F2N2. The zero-order valence-corrected chi connectivity index (χ0v) is 9.86. The van der Waals surface area contributed by atoms with E-state index in [4.69, 9.17) is 23.2 Å². The molecule has 88 valence electrons. The number of rotatable bonds is 2. The fraction of sp³-hybridized carbons (Fsp3) is 0. The molecule has 2 rings (SSSR count). The molecule has 1 N–H and O–H groups in total. The van der Waals surface area contributed by atoms with Crippen molar-refractivity contribution in [1.29, 1.82) is 0 Å². The molecule has 0 bridgehead atoms. The first-order valence-electron chi connectivity index (χ1n) is 4.60. The smallest absolute Gasteiger partial charge is 0.167 e. The second kappa shape index (κ2) is 4.85. The Bertz CT molecular complexity index is 561. The molecule has 0 aliphatic carbocycles. The van der Waals surface area contributed by atoms with Crippen molar-refractivity contribution in [3.05, 3.63) is 52.1 Å². The number of halogens is 4. The molecule has 0 radical (unpaired) electrons. The maximum atomic E-state index is 13.5. The fourth-order valence-electron chi connectivity index (χ4n) is 1.23. The van der Waals surface area contributed by atoms with E-state index in [1.54, 1.807) is 6.07 Å². The van der Waals surface area contributed by atoms with Crippen LogP contribution in [0.15, 0.2) is 30.5 Å². The molecule has 0 aliphatic rings. The van der Waals surface area contributed by atoms with Crippen LogP contribution in [-0.4, -0.2) is 4.98 Å². The van der Waals surface area contributed by atoms with Crippen LogP contribution in [0.2, 0.25) is 10.0 Å². The van der Waals surface area contributed by atoms with Gasteiger partial charge in [0, 0.05) is 6.20 Å². The van der Waals surface area contributed by atoms with Crippen LogP contribution in [-0.2, 0) is 0 Å². The number of nitrogens with one attached hydrogen (secondary N) is 1. The van der Waals surface area contributed by atoms with Gasteiger partial charge in [0.05, 0.1) is 15.7 Å². The minimum Gasteiger partial charge on any atom is -0.335 e. The summed E-state index contributed by atoms with van der Waals surface area (Å²) in [5.74, 6) is -1.45. The van der Waals surface area contributed by atoms with Crippen LogP contribution in [0.4, 0.5) is 20.3 Å². The van der Waals surface area contributed by atoms with Crippen molar-refractivity contribution >= 4 is 34.7 Å². The molecule has 2 nitrogen and oxygen atoms in total. The Morgan fingerprint density at radius 3 is 2.65 bits per heavy atom. The number of aromatic nitrogens is 1. The quantitative estimate of drug-likeness (QED) is 0.878. The number of hydrogen-bond acceptors (Lipinski definition) is 2. The summed E-state index contributed by atoms with van der Waals surface area (Å²) in [7, 11) is 0. The van der Waals surface area contributed by atoms with Gasteiger partial charge in [-0.25, -0.2) is 13.8 Å². The summed E-state index contributed by atoms with van der Waals surface area (Å²) in [6.45, 7) is 0. The van der Waals surface area contributed by atoms with Gasteiger partial charge in [-0.2, -0.15) is 0 Å². The number of benzene rings is 1. The van der Waals surface area contributed by atoms with Crippen molar-refractivity contribution in [3.63, 3.8) is 0 Å². The van der Waals surface area contributed by atoms with Gasteiger partial charge in [-0.3, -0.25) is 0 Å². The Hall–Kier alpha value is -1.39. The van der Waals surface area contributed by atoms with Crippen LogP contribution in [0, 0.1) is 11.6 Å². The van der Waals surface area contributed by atoms with Crippen LogP contribution in [0.3, 0.4) is 0 Å². The van der Waals surface area contributed by atoms with Crippen LogP contribution < -0.4 is 5.32 Å². The zero-order chi connectivity index (χ0) is 12.4. The first-order valence-corrected chi connectivity index (χ1v) is 5.35. The maximum absolute atomic E-state index is 13.5. The van der Waals surface area contributed by atoms with E-state index in [-0.39, 0.29) is 21.6 Å². The molecule has 17 heavy (non-hydrogen) atoms. The molecule has 0 atom stereocenters. The Morgan fingerprint density at radius 1 is 1.18 bits per heavy atom. The van der Waals surface area contributed by atoms with Gasteiger partial charge in [0.15, 0.2) is 17.5 Å². The Labute approximate surface area is 106 Å². The molecule has 2 aromatic rings. The summed E-state index contributed by atoms with van der Waals surface area (Å²) in [5, 5.41) is 2.62. The van der Waals surface area contributed by atoms with E-state index in [0.29, 0.717) is 0 Å². The lowest BCUT2D eigenvalue weighted by atomic mass is 10.3. The Balaban J connectivity index is 2.35. The highest BCUT2D eigenvalue weighted by atomic mass is 35.5. The summed E-state index contributed by atoms with van der Waals surface area (Å²) >= 11 is 11.1. The molecule has 1 heterocycles. The fourth-order valence-corrected chi connectivity index (χ4v) is 1.55. The van der Waals surface area contributed by atoms with Gasteiger partial charge in [0.1, 0.15) is 0 Å². The topological polar surface area (TPSA) is 24.9 Å². The predicted molar refractivity (Wildman–Crippen MR) is 63.9 cm³/mol. The zero-order valence-electron chi connectivity index (χ0n) is 8.35. The maximum Gasteiger partial charge on any atom is 0.167 e. The summed E-state index contributed by atoms with van der Waals surface area (Å²) in [5.41, 5.74) is 0.0474. The van der Waals surface area contributed by atoms with Crippen molar-refractivity contribution in [3.8, 4) is 0 Å². The second-order valence-corrected chi connectivity index (χ2v) is 4.05. The lowest BCUT2D eigenvalue weighted by molar-refractivity contribution is 0.622. The minimum absolute atomic E-state index is 0.0474. The van der Waals surface area contributed by atoms with E-state index >= 15 is 0 Å². The van der Waals surface area contributed by atoms with E-state index in [1.165, 1.54) is 18.3 Å². The number of nitrogens with zero attached hydrogens (tertiary/aromatic N) is 1. The number of anilines is 2. The molecule has 1 aromatic heterocycles. The van der Waals surface area contributed by atoms with Gasteiger partial charge in [0.25, 0.3) is 0 Å². The Kier molecular flexibility index (Phi) is 3.45. The molecule has 6 heteroatoms. The first kappa shape index (κ1) is 12.1. The van der Waals surface area contributed by atoms with E-state index in [2.05, 4.69) is 10.3 Å². The standard InChI is InChI=1S/C11H6Cl2F2N2/c12-6-4-8(14)11(16-5-6)17-9-3-1-2-7(13)10(9)15/h1-5H,(H,16,17). The van der Waals surface area contributed by atoms with Crippen molar-refractivity contribution in [1.82, 2.24) is 4.98 Å². The van der Waals surface area contributed by atoms with E-state index < -0.39 is 11.6 Å². The summed E-state index contributed by atoms with van der Waals surface area (Å²) < 4.78 is 26.9. The third-order valence-corrected chi connectivity index (χ3v) is 2.51. The van der Waals surface area contributed by atoms with Crippen molar-refractivity contribution in [2.75, 3.05) is 5.32 Å². The van der Waals surface area contributed by atoms with Crippen molar-refractivity contribution in [2.24, 2.45) is 0 Å². The molecular weight excluding hydrogens is 269 g/mol. The lowest BCUT2D eigenvalue weighted by Gasteiger charge is -2.08. The van der Waals surface area contributed by atoms with E-state index in [1.807, 2.05) is 0 Å². The summed E-state index contributed by atoms with van der Waals surface area (Å²) in [4.78, 5) is 3.72. The molecule has 1 aromatic carbocycles. The SMILES string of the molecule is Fc1cc(Cl)cnc1Nc1cccc(Cl)c1F. The van der Waals surface area contributed by atoms with Crippen LogP contribution in [0.25, 0.3) is 0 Å². The van der Waals surface area contributed by atoms with Gasteiger partial charge in [0.2, 0.25) is 0 Å². The molecule has 0 unspecified atom stereocenters. The third-order valence-electron chi connectivity index (χ3n) is 2.01. The summed E-state index contributed by atoms with van der Waals surface area (Å²) in [6, 6.07) is 5.45. The largest absolute Gasteiger partial charge is 0.335 e. The van der Waals surface area contributed by atoms with Gasteiger partial charge >= 0.3 is 0 Å².